The van der Waals surface area contributed by atoms with Gasteiger partial charge in [-0.3, -0.25) is 13.9 Å². The predicted molar refractivity (Wildman–Crippen MR) is 148 cm³/mol. The number of nitrogens with two attached hydrogens (primary N) is 1. The molecule has 2 atom stereocenters. The Kier molecular flexibility index (Phi) is 6.53. The van der Waals surface area contributed by atoms with E-state index in [1.165, 1.54) is 15.7 Å². The number of benzene rings is 2. The topological polar surface area (TPSA) is 119 Å². The molecule has 0 bridgehead atoms. The number of halogens is 2. The number of pyridine rings is 1. The van der Waals surface area contributed by atoms with Crippen molar-refractivity contribution in [3.63, 3.8) is 0 Å². The highest BCUT2D eigenvalue weighted by Crippen LogP contribution is 2.50. The summed E-state index contributed by atoms with van der Waals surface area (Å²) in [4.78, 5) is 32.8. The van der Waals surface area contributed by atoms with Crippen LogP contribution in [0.1, 0.15) is 25.3 Å². The molecule has 2 aliphatic rings. The lowest BCUT2D eigenvalue weighted by molar-refractivity contribution is -0.128. The largest absolute Gasteiger partial charge is 0.457 e. The lowest BCUT2D eigenvalue weighted by Crippen LogP contribution is -2.43. The molecule has 208 valence electrons. The van der Waals surface area contributed by atoms with E-state index in [1.807, 2.05) is 30.3 Å². The van der Waals surface area contributed by atoms with Gasteiger partial charge in [0, 0.05) is 31.6 Å². The fourth-order valence-electron chi connectivity index (χ4n) is 5.36. The number of ether oxygens (including phenoxy) is 1. The second-order valence-corrected chi connectivity index (χ2v) is 10.3. The number of aromatic nitrogens is 3. The predicted octanol–water partition coefficient (Wildman–Crippen LogP) is 4.83. The van der Waals surface area contributed by atoms with Crippen molar-refractivity contribution in [1.29, 1.82) is 5.26 Å². The summed E-state index contributed by atoms with van der Waals surface area (Å²) in [5, 5.41) is 9.51. The maximum absolute atomic E-state index is 14.0. The molecule has 3 heterocycles. The summed E-state index contributed by atoms with van der Waals surface area (Å²) >= 11 is 0. The van der Waals surface area contributed by atoms with Crippen molar-refractivity contribution >= 4 is 22.8 Å². The number of anilines is 1. The lowest BCUT2D eigenvalue weighted by Gasteiger charge is -2.33. The Balaban J connectivity index is 1.32. The first-order valence-corrected chi connectivity index (χ1v) is 13.3. The van der Waals surface area contributed by atoms with Gasteiger partial charge in [0.05, 0.1) is 17.2 Å². The molecule has 1 saturated heterocycles. The Morgan fingerprint density at radius 2 is 1.83 bits per heavy atom. The summed E-state index contributed by atoms with van der Waals surface area (Å²) in [7, 11) is 0. The zero-order valence-electron chi connectivity index (χ0n) is 21.9. The van der Waals surface area contributed by atoms with Gasteiger partial charge in [-0.25, -0.2) is 18.6 Å². The van der Waals surface area contributed by atoms with Gasteiger partial charge in [0.2, 0.25) is 0 Å². The van der Waals surface area contributed by atoms with Crippen LogP contribution < -0.4 is 16.2 Å². The van der Waals surface area contributed by atoms with Gasteiger partial charge in [-0.1, -0.05) is 24.3 Å². The van der Waals surface area contributed by atoms with E-state index in [-0.39, 0.29) is 30.0 Å². The minimum atomic E-state index is -2.87. The molecule has 2 unspecified atom stereocenters. The molecule has 6 rings (SSSR count). The van der Waals surface area contributed by atoms with E-state index in [0.29, 0.717) is 47.6 Å². The molecule has 9 nitrogen and oxygen atoms in total. The molecule has 2 fully saturated rings. The third-order valence-electron chi connectivity index (χ3n) is 7.53. The molecule has 11 heteroatoms. The van der Waals surface area contributed by atoms with Gasteiger partial charge in [-0.15, -0.1) is 0 Å². The fourth-order valence-corrected chi connectivity index (χ4v) is 5.36. The Labute approximate surface area is 233 Å². The van der Waals surface area contributed by atoms with Crippen molar-refractivity contribution in [2.75, 3.05) is 18.8 Å². The number of nitriles is 1. The third kappa shape index (κ3) is 4.93. The number of amides is 1. The van der Waals surface area contributed by atoms with Crippen LogP contribution in [0.5, 0.6) is 11.5 Å². The molecule has 1 aliphatic heterocycles. The van der Waals surface area contributed by atoms with Crippen molar-refractivity contribution in [3.05, 3.63) is 89.0 Å². The minimum absolute atomic E-state index is 0.143. The monoisotopic (exact) mass is 556 g/mol. The van der Waals surface area contributed by atoms with E-state index in [0.717, 1.165) is 6.08 Å². The highest BCUT2D eigenvalue weighted by Gasteiger charge is 2.55. The first-order chi connectivity index (χ1) is 19.8. The molecule has 4 aromatic rings. The Hall–Kier alpha value is -4.98. The first kappa shape index (κ1) is 26.3. The Morgan fingerprint density at radius 1 is 1.12 bits per heavy atom. The van der Waals surface area contributed by atoms with Crippen molar-refractivity contribution in [1.82, 2.24) is 19.0 Å². The number of hydrogen-bond donors (Lipinski definition) is 1. The highest BCUT2D eigenvalue weighted by molar-refractivity contribution is 5.97. The van der Waals surface area contributed by atoms with Crippen molar-refractivity contribution < 1.29 is 18.3 Å². The van der Waals surface area contributed by atoms with Gasteiger partial charge in [0.1, 0.15) is 34.5 Å². The van der Waals surface area contributed by atoms with Crippen LogP contribution in [0.4, 0.5) is 14.6 Å². The average molecular weight is 557 g/mol. The summed E-state index contributed by atoms with van der Waals surface area (Å²) in [5.41, 5.74) is 7.16. The normalized spacial score (nSPS) is 20.0. The molecule has 1 amide bonds. The van der Waals surface area contributed by atoms with Crippen LogP contribution in [0.15, 0.2) is 83.3 Å². The maximum atomic E-state index is 14.0. The van der Waals surface area contributed by atoms with E-state index < -0.39 is 23.8 Å². The molecular formula is C30H26F2N6O3. The van der Waals surface area contributed by atoms with Crippen molar-refractivity contribution in [3.8, 4) is 23.3 Å². The second kappa shape index (κ2) is 10.2. The quantitative estimate of drug-likeness (QED) is 0.268. The number of para-hydroxylation sites is 1. The second-order valence-electron chi connectivity index (χ2n) is 10.3. The highest BCUT2D eigenvalue weighted by atomic mass is 19.3. The van der Waals surface area contributed by atoms with E-state index in [9.17, 15) is 23.6 Å². The number of likely N-dealkylation sites (tertiary alicyclic amines) is 1. The first-order valence-electron chi connectivity index (χ1n) is 13.3. The lowest BCUT2D eigenvalue weighted by atomic mass is 10.0. The number of rotatable bonds is 6. The number of imidazole rings is 1. The standard InChI is InChI=1S/C30H26F2N6O3/c31-30(32)16-20(30)15-19(17-33)28(39)36-14-4-5-22(18-36)37-25-12-13-35-27(34)26(25)38(29(37)40)21-8-10-24(11-9-21)41-23-6-2-1-3-7-23/h1-3,6-13,15,20,22H,4-5,14,16,18H2,(H2,34,35). The number of hydrogen-bond acceptors (Lipinski definition) is 6. The minimum Gasteiger partial charge on any atom is -0.457 e. The van der Waals surface area contributed by atoms with Crippen LogP contribution in [0, 0.1) is 17.2 Å². The van der Waals surface area contributed by atoms with Gasteiger partial charge in [-0.2, -0.15) is 5.26 Å². The van der Waals surface area contributed by atoms with Gasteiger partial charge < -0.3 is 15.4 Å². The van der Waals surface area contributed by atoms with E-state index in [4.69, 9.17) is 10.5 Å². The molecular weight excluding hydrogens is 530 g/mol. The zero-order valence-corrected chi connectivity index (χ0v) is 21.9. The van der Waals surface area contributed by atoms with E-state index in [1.54, 1.807) is 41.0 Å². The third-order valence-corrected chi connectivity index (χ3v) is 7.53. The number of allylic oxidation sites excluding steroid dienone is 1. The molecule has 2 aromatic carbocycles. The van der Waals surface area contributed by atoms with Gasteiger partial charge in [0.25, 0.3) is 11.8 Å². The number of piperidine rings is 1. The van der Waals surface area contributed by atoms with Crippen LogP contribution in [-0.2, 0) is 4.79 Å². The Morgan fingerprint density at radius 3 is 2.51 bits per heavy atom. The number of nitrogens with zero attached hydrogens (tertiary/aromatic N) is 5. The van der Waals surface area contributed by atoms with Gasteiger partial charge in [0.15, 0.2) is 0 Å². The number of carbonyl (C=O) groups is 1. The molecule has 1 saturated carbocycles. The molecule has 2 aromatic heterocycles. The van der Waals surface area contributed by atoms with E-state index >= 15 is 0 Å². The summed E-state index contributed by atoms with van der Waals surface area (Å²) < 4.78 is 35.8. The summed E-state index contributed by atoms with van der Waals surface area (Å²) in [6, 6.07) is 19.4. The van der Waals surface area contributed by atoms with Crippen molar-refractivity contribution in [2.45, 2.75) is 31.2 Å². The smallest absolute Gasteiger partial charge is 0.334 e. The summed E-state index contributed by atoms with van der Waals surface area (Å²) in [6.07, 6.45) is 3.40. The zero-order chi connectivity index (χ0) is 28.7. The van der Waals surface area contributed by atoms with Crippen LogP contribution in [0.25, 0.3) is 16.7 Å². The van der Waals surface area contributed by atoms with Crippen LogP contribution in [0.3, 0.4) is 0 Å². The molecule has 0 spiro atoms. The van der Waals surface area contributed by atoms with Gasteiger partial charge in [-0.05, 0) is 55.3 Å². The summed E-state index contributed by atoms with van der Waals surface area (Å²) in [5.74, 6) is -3.13. The molecule has 1 aliphatic carbocycles. The number of nitrogen functional groups attached to an aromatic ring is 1. The molecule has 0 radical (unpaired) electrons. The number of carbonyl (C=O) groups excluding carboxylic acids is 1. The average Bonchev–Trinajstić information content (AvgIpc) is 3.46. The van der Waals surface area contributed by atoms with Crippen LogP contribution in [-0.4, -0.2) is 43.9 Å². The molecule has 2 N–H and O–H groups in total. The molecule has 41 heavy (non-hydrogen) atoms. The van der Waals surface area contributed by atoms with Crippen LogP contribution in [0.2, 0.25) is 0 Å². The summed E-state index contributed by atoms with van der Waals surface area (Å²) in [6.45, 7) is 0.499. The number of fused-ring (bicyclic) bond motifs is 1. The Bertz CT molecular complexity index is 1760. The number of alkyl halides is 2. The van der Waals surface area contributed by atoms with Crippen LogP contribution >= 0.6 is 0 Å². The van der Waals surface area contributed by atoms with Crippen molar-refractivity contribution in [2.24, 2.45) is 5.92 Å². The fraction of sp³-hybridized carbons (Fsp3) is 0.267. The van der Waals surface area contributed by atoms with E-state index in [2.05, 4.69) is 4.98 Å². The maximum Gasteiger partial charge on any atom is 0.334 e. The van der Waals surface area contributed by atoms with Gasteiger partial charge >= 0.3 is 5.69 Å². The SMILES string of the molecule is N#CC(=CC1CC1(F)F)C(=O)N1CCCC(n2c(=O)n(-c3ccc(Oc4ccccc4)cc3)c3c(N)nccc32)C1.